The van der Waals surface area contributed by atoms with Gasteiger partial charge in [-0.05, 0) is 49.6 Å². The van der Waals surface area contributed by atoms with Gasteiger partial charge in [0.15, 0.2) is 0 Å². The number of thioether (sulfide) groups is 1. The lowest BCUT2D eigenvalue weighted by atomic mass is 9.82. The van der Waals surface area contributed by atoms with Crippen molar-refractivity contribution >= 4 is 40.9 Å². The number of hydrogen-bond donors (Lipinski definition) is 2. The summed E-state index contributed by atoms with van der Waals surface area (Å²) < 4.78 is 5.31. The molecular weight excluding hydrogens is 482 g/mol. The molecule has 6 nitrogen and oxygen atoms in total. The molecule has 2 aromatic carbocycles. The van der Waals surface area contributed by atoms with Crippen LogP contribution in [0, 0.1) is 25.2 Å². The van der Waals surface area contributed by atoms with Gasteiger partial charge in [-0.15, -0.1) is 0 Å². The topological polar surface area (TPSA) is 91.2 Å². The third-order valence-corrected chi connectivity index (χ3v) is 6.77. The average Bonchev–Trinajstić information content (AvgIpc) is 2.83. The Labute approximate surface area is 214 Å². The summed E-state index contributed by atoms with van der Waals surface area (Å²) >= 11 is 7.28. The average molecular weight is 508 g/mol. The second-order valence-corrected chi connectivity index (χ2v) is 9.42. The molecule has 1 aliphatic rings. The van der Waals surface area contributed by atoms with Gasteiger partial charge in [-0.3, -0.25) is 4.79 Å². The summed E-state index contributed by atoms with van der Waals surface area (Å²) in [4.78, 5) is 25.7. The number of amides is 1. The van der Waals surface area contributed by atoms with E-state index in [0.717, 1.165) is 22.4 Å². The lowest BCUT2D eigenvalue weighted by Crippen LogP contribution is -2.29. The van der Waals surface area contributed by atoms with Crippen molar-refractivity contribution in [3.05, 3.63) is 98.7 Å². The number of carbonyl (C=O) groups excluding carboxylic acids is 2. The maximum absolute atomic E-state index is 12.9. The van der Waals surface area contributed by atoms with E-state index in [1.807, 2.05) is 32.0 Å². The van der Waals surface area contributed by atoms with E-state index in [1.54, 1.807) is 31.2 Å². The van der Waals surface area contributed by atoms with Crippen LogP contribution in [0.25, 0.3) is 0 Å². The van der Waals surface area contributed by atoms with Crippen LogP contribution in [0.4, 0.5) is 5.69 Å². The number of rotatable bonds is 8. The van der Waals surface area contributed by atoms with Gasteiger partial charge in [-0.2, -0.15) is 5.26 Å². The maximum atomic E-state index is 12.9. The minimum Gasteiger partial charge on any atom is -0.458 e. The number of para-hydroxylation sites is 1. The van der Waals surface area contributed by atoms with Crippen LogP contribution in [0.15, 0.2) is 77.0 Å². The molecule has 0 spiro atoms. The molecule has 1 aliphatic heterocycles. The lowest BCUT2D eigenvalue weighted by molar-refractivity contribution is -0.138. The monoisotopic (exact) mass is 507 g/mol. The van der Waals surface area contributed by atoms with Crippen molar-refractivity contribution in [3.8, 4) is 6.07 Å². The first-order chi connectivity index (χ1) is 16.8. The molecule has 0 aliphatic carbocycles. The number of nitriles is 1. The second kappa shape index (κ2) is 11.8. The molecule has 1 amide bonds. The zero-order valence-electron chi connectivity index (χ0n) is 19.8. The molecule has 8 heteroatoms. The molecule has 1 atom stereocenters. The standard InChI is InChI=1S/C27H26ClN3O3S/c1-5-13-34-27(33)23-18(4)30-26(21(14-29)24(23)19-9-11-20(28)12-10-19)35-15-22(32)31-25-16(2)7-6-8-17(25)3/h5-12,24,30H,1,13,15H2,2-4H3,(H,31,32)/t24-/m0/s1. The van der Waals surface area contributed by atoms with Crippen molar-refractivity contribution in [1.82, 2.24) is 5.32 Å². The number of benzene rings is 2. The Morgan fingerprint density at radius 2 is 1.86 bits per heavy atom. The molecule has 0 bridgehead atoms. The summed E-state index contributed by atoms with van der Waals surface area (Å²) in [6.07, 6.45) is 1.48. The van der Waals surface area contributed by atoms with E-state index in [0.29, 0.717) is 26.9 Å². The van der Waals surface area contributed by atoms with E-state index in [1.165, 1.54) is 17.8 Å². The molecule has 0 saturated heterocycles. The number of halogens is 1. The minimum absolute atomic E-state index is 0.0502. The first kappa shape index (κ1) is 26.1. The predicted octanol–water partition coefficient (Wildman–Crippen LogP) is 5.75. The fraction of sp³-hybridized carbons (Fsp3) is 0.222. The van der Waals surface area contributed by atoms with Gasteiger partial charge in [-0.25, -0.2) is 4.79 Å². The number of esters is 1. The van der Waals surface area contributed by atoms with Crippen molar-refractivity contribution in [3.63, 3.8) is 0 Å². The largest absolute Gasteiger partial charge is 0.458 e. The number of nitrogens with zero attached hydrogens (tertiary/aromatic N) is 1. The number of carbonyl (C=O) groups is 2. The van der Waals surface area contributed by atoms with E-state index >= 15 is 0 Å². The fourth-order valence-electron chi connectivity index (χ4n) is 3.82. The zero-order valence-corrected chi connectivity index (χ0v) is 21.3. The summed E-state index contributed by atoms with van der Waals surface area (Å²) in [5, 5.41) is 17.3. The summed E-state index contributed by atoms with van der Waals surface area (Å²) in [7, 11) is 0. The normalized spacial score (nSPS) is 15.2. The van der Waals surface area contributed by atoms with Gasteiger partial charge in [0.25, 0.3) is 0 Å². The Balaban J connectivity index is 1.91. The number of nitrogens with one attached hydrogen (secondary N) is 2. The van der Waals surface area contributed by atoms with Gasteiger partial charge in [0.05, 0.1) is 33.9 Å². The van der Waals surface area contributed by atoms with E-state index < -0.39 is 11.9 Å². The first-order valence-corrected chi connectivity index (χ1v) is 12.3. The second-order valence-electron chi connectivity index (χ2n) is 7.99. The highest BCUT2D eigenvalue weighted by Crippen LogP contribution is 2.41. The van der Waals surface area contributed by atoms with Gasteiger partial charge in [0.1, 0.15) is 6.61 Å². The molecule has 0 saturated carbocycles. The molecule has 1 heterocycles. The van der Waals surface area contributed by atoms with Crippen LogP contribution in [-0.4, -0.2) is 24.2 Å². The highest BCUT2D eigenvalue weighted by molar-refractivity contribution is 8.03. The minimum atomic E-state index is -0.667. The molecule has 3 rings (SSSR count). The van der Waals surface area contributed by atoms with Gasteiger partial charge >= 0.3 is 5.97 Å². The first-order valence-electron chi connectivity index (χ1n) is 10.9. The van der Waals surface area contributed by atoms with Crippen molar-refractivity contribution < 1.29 is 14.3 Å². The maximum Gasteiger partial charge on any atom is 0.337 e. The molecule has 2 aromatic rings. The van der Waals surface area contributed by atoms with Crippen LogP contribution in [0.3, 0.4) is 0 Å². The molecule has 0 radical (unpaired) electrons. The summed E-state index contributed by atoms with van der Waals surface area (Å²) in [5.74, 6) is -1.32. The van der Waals surface area contributed by atoms with Crippen molar-refractivity contribution in [1.29, 1.82) is 5.26 Å². The summed E-state index contributed by atoms with van der Waals surface area (Å²) in [6.45, 7) is 9.26. The summed E-state index contributed by atoms with van der Waals surface area (Å²) in [5.41, 5.74) is 4.65. The third-order valence-electron chi connectivity index (χ3n) is 5.50. The van der Waals surface area contributed by atoms with Crippen LogP contribution in [0.1, 0.15) is 29.5 Å². The molecule has 180 valence electrons. The summed E-state index contributed by atoms with van der Waals surface area (Å²) in [6, 6.07) is 15.0. The quantitative estimate of drug-likeness (QED) is 0.349. The van der Waals surface area contributed by atoms with Crippen molar-refractivity contribution in [2.24, 2.45) is 0 Å². The molecule has 35 heavy (non-hydrogen) atoms. The van der Waals surface area contributed by atoms with Crippen LogP contribution in [0.2, 0.25) is 5.02 Å². The Bertz CT molecular complexity index is 1240. The van der Waals surface area contributed by atoms with E-state index in [-0.39, 0.29) is 18.3 Å². The fourth-order valence-corrected chi connectivity index (χ4v) is 4.84. The Morgan fingerprint density at radius 3 is 2.46 bits per heavy atom. The van der Waals surface area contributed by atoms with Gasteiger partial charge < -0.3 is 15.4 Å². The molecule has 0 aromatic heterocycles. The SMILES string of the molecule is C=CCOC(=O)C1=C(C)NC(SCC(=O)Nc2c(C)cccc2C)=C(C#N)[C@@H]1c1ccc(Cl)cc1. The molecular formula is C27H26ClN3O3S. The third kappa shape index (κ3) is 6.16. The number of hydrogen-bond acceptors (Lipinski definition) is 6. The van der Waals surface area contributed by atoms with E-state index in [2.05, 4.69) is 23.3 Å². The van der Waals surface area contributed by atoms with Crippen LogP contribution in [0.5, 0.6) is 0 Å². The molecule has 2 N–H and O–H groups in total. The number of ether oxygens (including phenoxy) is 1. The van der Waals surface area contributed by atoms with Gasteiger partial charge in [0, 0.05) is 16.4 Å². The molecule has 0 fully saturated rings. The van der Waals surface area contributed by atoms with Crippen LogP contribution < -0.4 is 10.6 Å². The zero-order chi connectivity index (χ0) is 25.5. The van der Waals surface area contributed by atoms with E-state index in [4.69, 9.17) is 16.3 Å². The Kier molecular flexibility index (Phi) is 8.80. The van der Waals surface area contributed by atoms with Crippen molar-refractivity contribution in [2.45, 2.75) is 26.7 Å². The number of dihydropyridines is 1. The van der Waals surface area contributed by atoms with Crippen LogP contribution >= 0.6 is 23.4 Å². The van der Waals surface area contributed by atoms with E-state index in [9.17, 15) is 14.9 Å². The Morgan fingerprint density at radius 1 is 1.20 bits per heavy atom. The van der Waals surface area contributed by atoms with Crippen molar-refractivity contribution in [2.75, 3.05) is 17.7 Å². The number of aryl methyl sites for hydroxylation is 2. The molecule has 0 unspecified atom stereocenters. The number of anilines is 1. The van der Waals surface area contributed by atoms with Gasteiger partial charge in [0.2, 0.25) is 5.91 Å². The number of allylic oxidation sites excluding steroid dienone is 2. The van der Waals surface area contributed by atoms with Gasteiger partial charge in [-0.1, -0.05) is 66.3 Å². The lowest BCUT2D eigenvalue weighted by Gasteiger charge is -2.29. The Hall–Kier alpha value is -3.47. The predicted molar refractivity (Wildman–Crippen MR) is 141 cm³/mol. The smallest absolute Gasteiger partial charge is 0.337 e. The van der Waals surface area contributed by atoms with Crippen LogP contribution in [-0.2, 0) is 14.3 Å². The highest BCUT2D eigenvalue weighted by atomic mass is 35.5. The highest BCUT2D eigenvalue weighted by Gasteiger charge is 2.35.